The summed E-state index contributed by atoms with van der Waals surface area (Å²) in [7, 11) is 0. The van der Waals surface area contributed by atoms with Gasteiger partial charge in [-0.2, -0.15) is 5.48 Å². The Morgan fingerprint density at radius 2 is 1.74 bits per heavy atom. The van der Waals surface area contributed by atoms with Gasteiger partial charge in [0.1, 0.15) is 0 Å². The van der Waals surface area contributed by atoms with Crippen molar-refractivity contribution in [3.05, 3.63) is 65.7 Å². The maximum atomic E-state index is 12.4. The molecule has 2 aromatic rings. The summed E-state index contributed by atoms with van der Waals surface area (Å²) in [4.78, 5) is 13.4. The van der Waals surface area contributed by atoms with Gasteiger partial charge >= 0.3 is 0 Å². The molecule has 0 saturated heterocycles. The van der Waals surface area contributed by atoms with E-state index >= 15 is 0 Å². The maximum absolute atomic E-state index is 12.4. The number of carbonyl (C=O) groups is 1. The molecule has 0 fully saturated rings. The van der Waals surface area contributed by atoms with Crippen molar-refractivity contribution in [2.75, 3.05) is 0 Å². The SMILES string of the molecule is O=C1c2ccccc2SC1C(NO)c1ccccc1. The molecular weight excluding hydrogens is 258 g/mol. The van der Waals surface area contributed by atoms with Crippen LogP contribution >= 0.6 is 11.8 Å². The van der Waals surface area contributed by atoms with Gasteiger partial charge in [0.2, 0.25) is 0 Å². The zero-order chi connectivity index (χ0) is 13.2. The third-order valence-corrected chi connectivity index (χ3v) is 4.62. The van der Waals surface area contributed by atoms with E-state index in [4.69, 9.17) is 0 Å². The van der Waals surface area contributed by atoms with Gasteiger partial charge in [0.15, 0.2) is 5.78 Å². The van der Waals surface area contributed by atoms with E-state index in [1.165, 1.54) is 11.8 Å². The number of nitrogens with one attached hydrogen (secondary N) is 1. The van der Waals surface area contributed by atoms with E-state index in [0.717, 1.165) is 16.0 Å². The molecule has 1 heterocycles. The first-order valence-corrected chi connectivity index (χ1v) is 6.93. The minimum atomic E-state index is -0.397. The van der Waals surface area contributed by atoms with E-state index in [0.29, 0.717) is 0 Å². The quantitative estimate of drug-likeness (QED) is 0.842. The van der Waals surface area contributed by atoms with E-state index in [1.807, 2.05) is 54.6 Å². The number of hydrogen-bond donors (Lipinski definition) is 2. The highest BCUT2D eigenvalue weighted by atomic mass is 32.2. The van der Waals surface area contributed by atoms with Gasteiger partial charge in [-0.25, -0.2) is 0 Å². The minimum Gasteiger partial charge on any atom is -0.316 e. The molecule has 2 aromatic carbocycles. The summed E-state index contributed by atoms with van der Waals surface area (Å²) in [5.41, 5.74) is 3.93. The van der Waals surface area contributed by atoms with Crippen molar-refractivity contribution in [3.63, 3.8) is 0 Å². The number of hydrogen-bond acceptors (Lipinski definition) is 4. The topological polar surface area (TPSA) is 49.3 Å². The van der Waals surface area contributed by atoms with E-state index in [-0.39, 0.29) is 11.0 Å². The van der Waals surface area contributed by atoms with Crippen LogP contribution in [0.5, 0.6) is 0 Å². The molecule has 0 bridgehead atoms. The molecule has 4 heteroatoms. The number of ketones is 1. The molecule has 2 unspecified atom stereocenters. The van der Waals surface area contributed by atoms with Crippen LogP contribution in [-0.4, -0.2) is 16.2 Å². The number of fused-ring (bicyclic) bond motifs is 1. The molecule has 0 radical (unpaired) electrons. The van der Waals surface area contributed by atoms with Gasteiger partial charge in [0.05, 0.1) is 11.3 Å². The van der Waals surface area contributed by atoms with E-state index < -0.39 is 6.04 Å². The number of carbonyl (C=O) groups excluding carboxylic acids is 1. The molecule has 0 saturated carbocycles. The van der Waals surface area contributed by atoms with Crippen molar-refractivity contribution in [2.24, 2.45) is 0 Å². The van der Waals surface area contributed by atoms with Crippen LogP contribution in [0.4, 0.5) is 0 Å². The highest BCUT2D eigenvalue weighted by Gasteiger charge is 2.37. The van der Waals surface area contributed by atoms with E-state index in [9.17, 15) is 10.0 Å². The average Bonchev–Trinajstić information content (AvgIpc) is 2.79. The van der Waals surface area contributed by atoms with Gasteiger partial charge in [0.25, 0.3) is 0 Å². The first kappa shape index (κ1) is 12.4. The summed E-state index contributed by atoms with van der Waals surface area (Å²) in [6.07, 6.45) is 0. The van der Waals surface area contributed by atoms with Crippen LogP contribution in [0.15, 0.2) is 59.5 Å². The minimum absolute atomic E-state index is 0.0657. The Hall–Kier alpha value is -1.62. The van der Waals surface area contributed by atoms with Gasteiger partial charge in [-0.05, 0) is 11.6 Å². The van der Waals surface area contributed by atoms with Gasteiger partial charge in [0, 0.05) is 10.5 Å². The van der Waals surface area contributed by atoms with Gasteiger partial charge in [-0.3, -0.25) is 4.79 Å². The lowest BCUT2D eigenvalue weighted by molar-refractivity contribution is 0.0891. The molecule has 96 valence electrons. The van der Waals surface area contributed by atoms with Crippen LogP contribution in [-0.2, 0) is 0 Å². The molecule has 1 aliphatic rings. The lowest BCUT2D eigenvalue weighted by atomic mass is 9.98. The summed E-state index contributed by atoms with van der Waals surface area (Å²) in [5.74, 6) is 0.0657. The molecule has 3 nitrogen and oxygen atoms in total. The maximum Gasteiger partial charge on any atom is 0.179 e. The number of rotatable bonds is 3. The van der Waals surface area contributed by atoms with E-state index in [1.54, 1.807) is 0 Å². The Balaban J connectivity index is 1.94. The van der Waals surface area contributed by atoms with Crippen LogP contribution < -0.4 is 5.48 Å². The van der Waals surface area contributed by atoms with Crippen LogP contribution in [0.1, 0.15) is 22.0 Å². The molecule has 19 heavy (non-hydrogen) atoms. The number of Topliss-reactive ketones (excluding diaryl/α,β-unsaturated/α-hetero) is 1. The number of benzene rings is 2. The summed E-state index contributed by atoms with van der Waals surface area (Å²) in [6.45, 7) is 0. The lowest BCUT2D eigenvalue weighted by Gasteiger charge is -2.20. The average molecular weight is 271 g/mol. The van der Waals surface area contributed by atoms with Crippen molar-refractivity contribution in [1.82, 2.24) is 5.48 Å². The van der Waals surface area contributed by atoms with Crippen LogP contribution in [0.3, 0.4) is 0 Å². The Morgan fingerprint density at radius 3 is 2.42 bits per heavy atom. The normalized spacial score (nSPS) is 19.2. The predicted molar refractivity (Wildman–Crippen MR) is 74.5 cm³/mol. The van der Waals surface area contributed by atoms with Crippen LogP contribution in [0.2, 0.25) is 0 Å². The second-order valence-electron chi connectivity index (χ2n) is 4.42. The molecule has 2 N–H and O–H groups in total. The fourth-order valence-electron chi connectivity index (χ4n) is 2.31. The second kappa shape index (κ2) is 5.17. The van der Waals surface area contributed by atoms with Crippen molar-refractivity contribution < 1.29 is 10.0 Å². The van der Waals surface area contributed by atoms with Gasteiger partial charge < -0.3 is 5.21 Å². The number of hydroxylamine groups is 1. The van der Waals surface area contributed by atoms with Crippen molar-refractivity contribution in [3.8, 4) is 0 Å². The van der Waals surface area contributed by atoms with Crippen molar-refractivity contribution in [2.45, 2.75) is 16.2 Å². The number of thioether (sulfide) groups is 1. The molecule has 3 rings (SSSR count). The Labute approximate surface area is 115 Å². The molecule has 1 aliphatic heterocycles. The third kappa shape index (κ3) is 2.18. The van der Waals surface area contributed by atoms with Gasteiger partial charge in [-0.15, -0.1) is 11.8 Å². The Morgan fingerprint density at radius 1 is 1.05 bits per heavy atom. The third-order valence-electron chi connectivity index (χ3n) is 3.27. The first-order valence-electron chi connectivity index (χ1n) is 6.05. The zero-order valence-electron chi connectivity index (χ0n) is 10.1. The molecular formula is C15H13NO2S. The zero-order valence-corrected chi connectivity index (χ0v) is 10.9. The van der Waals surface area contributed by atoms with Crippen LogP contribution in [0, 0.1) is 0 Å². The highest BCUT2D eigenvalue weighted by Crippen LogP contribution is 2.42. The molecule has 0 aliphatic carbocycles. The fourth-order valence-corrected chi connectivity index (χ4v) is 3.63. The molecule has 0 amide bonds. The Kier molecular flexibility index (Phi) is 3.38. The summed E-state index contributed by atoms with van der Waals surface area (Å²) < 4.78 is 0. The molecule has 2 atom stereocenters. The van der Waals surface area contributed by atoms with E-state index in [2.05, 4.69) is 5.48 Å². The summed E-state index contributed by atoms with van der Waals surface area (Å²) >= 11 is 1.50. The predicted octanol–water partition coefficient (Wildman–Crippen LogP) is 3.06. The van der Waals surface area contributed by atoms with Crippen molar-refractivity contribution in [1.29, 1.82) is 0 Å². The molecule has 0 aromatic heterocycles. The monoisotopic (exact) mass is 271 g/mol. The van der Waals surface area contributed by atoms with Gasteiger partial charge in [-0.1, -0.05) is 48.5 Å². The summed E-state index contributed by atoms with van der Waals surface area (Å²) in [5, 5.41) is 9.09. The largest absolute Gasteiger partial charge is 0.316 e. The fraction of sp³-hybridized carbons (Fsp3) is 0.133. The van der Waals surface area contributed by atoms with Crippen molar-refractivity contribution >= 4 is 17.5 Å². The Bertz CT molecular complexity index is 600. The standard InChI is InChI=1S/C15H13NO2S/c17-14-11-8-4-5-9-12(11)19-15(14)13(16-18)10-6-2-1-3-7-10/h1-9,13,15-16,18H. The highest BCUT2D eigenvalue weighted by molar-refractivity contribution is 8.01. The lowest BCUT2D eigenvalue weighted by Crippen LogP contribution is -2.31. The molecule has 0 spiro atoms. The second-order valence-corrected chi connectivity index (χ2v) is 5.60. The first-order chi connectivity index (χ1) is 9.31. The van der Waals surface area contributed by atoms with Crippen LogP contribution in [0.25, 0.3) is 0 Å². The smallest absolute Gasteiger partial charge is 0.179 e. The summed E-state index contributed by atoms with van der Waals surface area (Å²) in [6, 6.07) is 16.7.